The maximum atomic E-state index is 11.5. The largest absolute Gasteiger partial charge is 0.491 e. The molecule has 1 aromatic rings. The number of esters is 1. The summed E-state index contributed by atoms with van der Waals surface area (Å²) < 4.78 is 54.0. The number of hydrogen-bond donors (Lipinski definition) is 0. The van der Waals surface area contributed by atoms with E-state index in [2.05, 4.69) is 0 Å². The Kier molecular flexibility index (Phi) is 22.7. The number of para-hydroxylation sites is 1. The van der Waals surface area contributed by atoms with Crippen LogP contribution in [0.3, 0.4) is 0 Å². The van der Waals surface area contributed by atoms with E-state index in [1.165, 1.54) is 0 Å². The second-order valence-electron chi connectivity index (χ2n) is 9.09. The molecule has 0 spiro atoms. The molecule has 0 fully saturated rings. The van der Waals surface area contributed by atoms with Gasteiger partial charge in [0.1, 0.15) is 24.6 Å². The highest BCUT2D eigenvalue weighted by atomic mass is 16.6. The van der Waals surface area contributed by atoms with E-state index >= 15 is 0 Å². The fraction of sp³-hybridized carbons (Fsp3) is 0.750. The lowest BCUT2D eigenvalue weighted by atomic mass is 10.2. The van der Waals surface area contributed by atoms with Crippen LogP contribution in [0.25, 0.3) is 0 Å². The summed E-state index contributed by atoms with van der Waals surface area (Å²) in [7, 11) is 0. The Labute approximate surface area is 233 Å². The van der Waals surface area contributed by atoms with Crippen molar-refractivity contribution < 1.29 is 52.2 Å². The molecule has 226 valence electrons. The van der Waals surface area contributed by atoms with E-state index in [-0.39, 0.29) is 12.6 Å². The third kappa shape index (κ3) is 26.2. The fourth-order valence-electron chi connectivity index (χ4n) is 2.80. The molecule has 39 heavy (non-hydrogen) atoms. The standard InChI is InChI=1S/C28H48O11/c1-28(2,3)39-27(29)25-37-22-21-35-18-17-33-14-13-31-10-9-30-11-12-32-15-16-34-19-20-36-23-24-38-26-7-5-4-6-8-26/h4-8H,9-25H2,1-3H3. The van der Waals surface area contributed by atoms with Gasteiger partial charge in [0.05, 0.1) is 99.1 Å². The van der Waals surface area contributed by atoms with Crippen molar-refractivity contribution in [2.75, 3.05) is 112 Å². The lowest BCUT2D eigenvalue weighted by Crippen LogP contribution is -2.27. The highest BCUT2D eigenvalue weighted by Gasteiger charge is 2.15. The monoisotopic (exact) mass is 560 g/mol. The number of hydrogen-bond acceptors (Lipinski definition) is 11. The van der Waals surface area contributed by atoms with E-state index in [4.69, 9.17) is 47.4 Å². The summed E-state index contributed by atoms with van der Waals surface area (Å²) >= 11 is 0. The molecule has 0 aliphatic rings. The van der Waals surface area contributed by atoms with Crippen molar-refractivity contribution in [2.45, 2.75) is 26.4 Å². The minimum atomic E-state index is -0.506. The molecule has 1 rings (SSSR count). The van der Waals surface area contributed by atoms with Gasteiger partial charge in [-0.15, -0.1) is 0 Å². The van der Waals surface area contributed by atoms with Crippen LogP contribution in [0, 0.1) is 0 Å². The van der Waals surface area contributed by atoms with Crippen molar-refractivity contribution in [3.63, 3.8) is 0 Å². The Morgan fingerprint density at radius 1 is 0.513 bits per heavy atom. The average Bonchev–Trinajstić information content (AvgIpc) is 2.90. The van der Waals surface area contributed by atoms with Crippen LogP contribution in [0.4, 0.5) is 0 Å². The molecule has 0 aliphatic heterocycles. The number of carbonyl (C=O) groups excluding carboxylic acids is 1. The smallest absolute Gasteiger partial charge is 0.332 e. The molecule has 0 aromatic heterocycles. The summed E-state index contributed by atoms with van der Waals surface area (Å²) in [5.41, 5.74) is -0.506. The van der Waals surface area contributed by atoms with Crippen molar-refractivity contribution >= 4 is 5.97 Å². The molecule has 0 aliphatic carbocycles. The van der Waals surface area contributed by atoms with Gasteiger partial charge < -0.3 is 47.4 Å². The van der Waals surface area contributed by atoms with Gasteiger partial charge in [-0.1, -0.05) is 18.2 Å². The molecule has 0 atom stereocenters. The molecule has 0 heterocycles. The van der Waals surface area contributed by atoms with Crippen molar-refractivity contribution in [2.24, 2.45) is 0 Å². The van der Waals surface area contributed by atoms with Crippen LogP contribution < -0.4 is 4.74 Å². The Morgan fingerprint density at radius 2 is 0.846 bits per heavy atom. The van der Waals surface area contributed by atoms with Gasteiger partial charge in [-0.3, -0.25) is 0 Å². The third-order valence-electron chi connectivity index (χ3n) is 4.48. The Balaban J connectivity index is 1.66. The van der Waals surface area contributed by atoms with Gasteiger partial charge in [0, 0.05) is 0 Å². The predicted molar refractivity (Wildman–Crippen MR) is 144 cm³/mol. The summed E-state index contributed by atoms with van der Waals surface area (Å²) in [6.45, 7) is 13.1. The number of carbonyl (C=O) groups is 1. The highest BCUT2D eigenvalue weighted by molar-refractivity contribution is 5.71. The number of ether oxygens (including phenoxy) is 10. The molecular formula is C28H48O11. The Morgan fingerprint density at radius 3 is 1.21 bits per heavy atom. The maximum Gasteiger partial charge on any atom is 0.332 e. The maximum absolute atomic E-state index is 11.5. The number of benzene rings is 1. The van der Waals surface area contributed by atoms with Gasteiger partial charge in [0.2, 0.25) is 0 Å². The van der Waals surface area contributed by atoms with Gasteiger partial charge in [0.15, 0.2) is 0 Å². The van der Waals surface area contributed by atoms with E-state index in [0.717, 1.165) is 5.75 Å². The van der Waals surface area contributed by atoms with E-state index in [1.807, 2.05) is 51.1 Å². The molecule has 0 radical (unpaired) electrons. The van der Waals surface area contributed by atoms with E-state index < -0.39 is 5.60 Å². The quantitative estimate of drug-likeness (QED) is 0.117. The predicted octanol–water partition coefficient (Wildman–Crippen LogP) is 2.54. The van der Waals surface area contributed by atoms with E-state index in [0.29, 0.717) is 106 Å². The molecule has 11 heteroatoms. The zero-order chi connectivity index (χ0) is 28.3. The molecule has 0 unspecified atom stereocenters. The first kappa shape index (κ1) is 35.2. The van der Waals surface area contributed by atoms with Crippen LogP contribution in [-0.4, -0.2) is 124 Å². The van der Waals surface area contributed by atoms with Crippen molar-refractivity contribution in [1.82, 2.24) is 0 Å². The minimum Gasteiger partial charge on any atom is -0.491 e. The van der Waals surface area contributed by atoms with Crippen LogP contribution in [0.2, 0.25) is 0 Å². The fourth-order valence-corrected chi connectivity index (χ4v) is 2.80. The molecular weight excluding hydrogens is 512 g/mol. The van der Waals surface area contributed by atoms with Crippen LogP contribution in [-0.2, 0) is 47.4 Å². The summed E-state index contributed by atoms with van der Waals surface area (Å²) in [5.74, 6) is 0.457. The zero-order valence-electron chi connectivity index (χ0n) is 23.9. The average molecular weight is 561 g/mol. The van der Waals surface area contributed by atoms with Crippen molar-refractivity contribution in [3.05, 3.63) is 30.3 Å². The van der Waals surface area contributed by atoms with Gasteiger partial charge >= 0.3 is 5.97 Å². The second-order valence-corrected chi connectivity index (χ2v) is 9.09. The zero-order valence-corrected chi connectivity index (χ0v) is 23.9. The Hall–Kier alpha value is -1.83. The molecule has 1 aromatic carbocycles. The second kappa shape index (κ2) is 25.2. The van der Waals surface area contributed by atoms with E-state index in [9.17, 15) is 4.79 Å². The van der Waals surface area contributed by atoms with Crippen molar-refractivity contribution in [3.8, 4) is 5.75 Å². The van der Waals surface area contributed by atoms with Gasteiger partial charge in [-0.05, 0) is 32.9 Å². The minimum absolute atomic E-state index is 0.0793. The topological polar surface area (TPSA) is 109 Å². The summed E-state index contributed by atoms with van der Waals surface area (Å²) in [5, 5.41) is 0. The lowest BCUT2D eigenvalue weighted by molar-refractivity contribution is -0.160. The lowest BCUT2D eigenvalue weighted by Gasteiger charge is -2.19. The van der Waals surface area contributed by atoms with Gasteiger partial charge in [-0.2, -0.15) is 0 Å². The third-order valence-corrected chi connectivity index (χ3v) is 4.48. The van der Waals surface area contributed by atoms with Crippen LogP contribution in [0.1, 0.15) is 20.8 Å². The van der Waals surface area contributed by atoms with Crippen molar-refractivity contribution in [1.29, 1.82) is 0 Å². The SMILES string of the molecule is CC(C)(C)OC(=O)COCCOCCOCCOCCOCCOCCOCCOCCOc1ccccc1. The molecule has 0 N–H and O–H groups in total. The summed E-state index contributed by atoms with van der Waals surface area (Å²) in [6.07, 6.45) is 0. The Bertz CT molecular complexity index is 667. The first-order valence-corrected chi connectivity index (χ1v) is 13.5. The highest BCUT2D eigenvalue weighted by Crippen LogP contribution is 2.08. The number of rotatable bonds is 27. The summed E-state index contributed by atoms with van der Waals surface area (Å²) in [6, 6.07) is 9.65. The van der Waals surface area contributed by atoms with Crippen LogP contribution in [0.15, 0.2) is 30.3 Å². The first-order valence-electron chi connectivity index (χ1n) is 13.5. The molecule has 11 nitrogen and oxygen atoms in total. The van der Waals surface area contributed by atoms with Crippen LogP contribution >= 0.6 is 0 Å². The molecule has 0 saturated heterocycles. The normalized spacial score (nSPS) is 11.6. The summed E-state index contributed by atoms with van der Waals surface area (Å²) in [4.78, 5) is 11.5. The molecule has 0 bridgehead atoms. The molecule has 0 saturated carbocycles. The van der Waals surface area contributed by atoms with E-state index in [1.54, 1.807) is 0 Å². The molecule has 0 amide bonds. The first-order chi connectivity index (χ1) is 19.0. The van der Waals surface area contributed by atoms with Gasteiger partial charge in [-0.25, -0.2) is 4.79 Å². The van der Waals surface area contributed by atoms with Gasteiger partial charge in [0.25, 0.3) is 0 Å². The van der Waals surface area contributed by atoms with Crippen LogP contribution in [0.5, 0.6) is 5.75 Å².